The van der Waals surface area contributed by atoms with E-state index in [1.165, 1.54) is 4.88 Å². The van der Waals surface area contributed by atoms with Gasteiger partial charge < -0.3 is 14.1 Å². The number of nitrogens with one attached hydrogen (secondary N) is 1. The average molecular weight is 481 g/mol. The van der Waals surface area contributed by atoms with Crippen molar-refractivity contribution in [3.8, 4) is 11.3 Å². The van der Waals surface area contributed by atoms with Crippen molar-refractivity contribution in [3.63, 3.8) is 0 Å². The molecule has 0 unspecified atom stereocenters. The van der Waals surface area contributed by atoms with Gasteiger partial charge in [0, 0.05) is 16.5 Å². The summed E-state index contributed by atoms with van der Waals surface area (Å²) in [4.78, 5) is 34.0. The van der Waals surface area contributed by atoms with E-state index in [4.69, 9.17) is 20.8 Å². The smallest absolute Gasteiger partial charge is 0.338 e. The fraction of sp³-hybridized carbons (Fsp3) is 0.240. The lowest BCUT2D eigenvalue weighted by Gasteiger charge is -2.09. The number of hydrogen-bond acceptors (Lipinski definition) is 6. The molecule has 0 radical (unpaired) electrons. The predicted octanol–water partition coefficient (Wildman–Crippen LogP) is 6.04. The molecule has 5 rings (SSSR count). The molecule has 0 atom stereocenters. The number of aromatic amines is 1. The summed E-state index contributed by atoms with van der Waals surface area (Å²) < 4.78 is 10.9. The Hall–Kier alpha value is -3.16. The van der Waals surface area contributed by atoms with Gasteiger partial charge in [0.2, 0.25) is 0 Å². The molecule has 0 saturated carbocycles. The van der Waals surface area contributed by atoms with E-state index in [0.29, 0.717) is 39.9 Å². The molecule has 1 aliphatic rings. The van der Waals surface area contributed by atoms with Crippen LogP contribution in [0.5, 0.6) is 0 Å². The summed E-state index contributed by atoms with van der Waals surface area (Å²) in [6.07, 6.45) is 5.82. The number of nitrogens with zero attached hydrogens (tertiary/aromatic N) is 1. The maximum absolute atomic E-state index is 12.8. The summed E-state index contributed by atoms with van der Waals surface area (Å²) in [6.45, 7) is 2.10. The van der Waals surface area contributed by atoms with Gasteiger partial charge in [0.15, 0.2) is 5.82 Å². The number of benzene rings is 1. The summed E-state index contributed by atoms with van der Waals surface area (Å²) in [5.41, 5.74) is 2.29. The Balaban J connectivity index is 1.41. The van der Waals surface area contributed by atoms with Crippen LogP contribution in [0, 0.1) is 0 Å². The molecule has 3 heterocycles. The third kappa shape index (κ3) is 4.26. The highest BCUT2D eigenvalue weighted by Crippen LogP contribution is 2.34. The van der Waals surface area contributed by atoms with E-state index in [0.717, 1.165) is 41.6 Å². The largest absolute Gasteiger partial charge is 0.462 e. The Bertz CT molecular complexity index is 1430. The standard InChI is InChI=1S/C25H21ClN2O4S/c1-2-31-25(30)15-9-7-14(8-10-15)19-12-11-16(32-19)13-18(26)22-27-23(29)21-17-5-3-4-6-20(17)33-24(21)28-22/h7-13H,2-6H2,1H3,(H,27,28,29)/b18-13-. The SMILES string of the molecule is CCOC(=O)c1ccc(-c2ccc(/C=C(\Cl)c3nc4sc5c(c4c(=O)[nH]3)CCCC5)o2)cc1. The fourth-order valence-corrected chi connectivity index (χ4v) is 5.50. The zero-order valence-electron chi connectivity index (χ0n) is 17.9. The van der Waals surface area contributed by atoms with Crippen molar-refractivity contribution in [1.29, 1.82) is 0 Å². The lowest BCUT2D eigenvalue weighted by Crippen LogP contribution is -2.12. The molecule has 0 bridgehead atoms. The van der Waals surface area contributed by atoms with Crippen LogP contribution in [0.25, 0.3) is 32.6 Å². The number of thiophene rings is 1. The molecular weight excluding hydrogens is 460 g/mol. The highest BCUT2D eigenvalue weighted by Gasteiger charge is 2.20. The van der Waals surface area contributed by atoms with E-state index in [-0.39, 0.29) is 11.5 Å². The van der Waals surface area contributed by atoms with Gasteiger partial charge in [-0.3, -0.25) is 4.79 Å². The second-order valence-electron chi connectivity index (χ2n) is 7.80. The van der Waals surface area contributed by atoms with E-state index in [1.54, 1.807) is 54.7 Å². The summed E-state index contributed by atoms with van der Waals surface area (Å²) in [5, 5.41) is 0.994. The average Bonchev–Trinajstić information content (AvgIpc) is 3.44. The van der Waals surface area contributed by atoms with Crippen molar-refractivity contribution in [3.05, 3.63) is 74.3 Å². The highest BCUT2D eigenvalue weighted by atomic mass is 35.5. The topological polar surface area (TPSA) is 85.2 Å². The van der Waals surface area contributed by atoms with Crippen LogP contribution < -0.4 is 5.56 Å². The summed E-state index contributed by atoms with van der Waals surface area (Å²) >= 11 is 8.09. The molecular formula is C25H21ClN2O4S. The zero-order valence-corrected chi connectivity index (χ0v) is 19.5. The van der Waals surface area contributed by atoms with Gasteiger partial charge in [0.1, 0.15) is 16.4 Å². The number of aryl methyl sites for hydroxylation is 2. The number of aromatic nitrogens is 2. The fourth-order valence-electron chi connectivity index (χ4n) is 4.04. The molecule has 4 aromatic rings. The van der Waals surface area contributed by atoms with Gasteiger partial charge in [-0.2, -0.15) is 0 Å². The quantitative estimate of drug-likeness (QED) is 0.352. The molecule has 0 spiro atoms. The summed E-state index contributed by atoms with van der Waals surface area (Å²) in [7, 11) is 0. The molecule has 0 fully saturated rings. The summed E-state index contributed by atoms with van der Waals surface area (Å²) in [6, 6.07) is 10.6. The van der Waals surface area contributed by atoms with E-state index in [1.807, 2.05) is 6.07 Å². The van der Waals surface area contributed by atoms with Gasteiger partial charge in [-0.15, -0.1) is 11.3 Å². The lowest BCUT2D eigenvalue weighted by molar-refractivity contribution is 0.0526. The van der Waals surface area contributed by atoms with Crippen LogP contribution >= 0.6 is 22.9 Å². The molecule has 6 nitrogen and oxygen atoms in total. The molecule has 33 heavy (non-hydrogen) atoms. The van der Waals surface area contributed by atoms with E-state index in [9.17, 15) is 9.59 Å². The Labute approximate surface area is 198 Å². The maximum atomic E-state index is 12.8. The van der Waals surface area contributed by atoms with Gasteiger partial charge in [-0.1, -0.05) is 23.7 Å². The van der Waals surface area contributed by atoms with Crippen LogP contribution in [0.4, 0.5) is 0 Å². The lowest BCUT2D eigenvalue weighted by atomic mass is 9.97. The zero-order chi connectivity index (χ0) is 22.9. The molecule has 0 saturated heterocycles. The van der Waals surface area contributed by atoms with Crippen molar-refractivity contribution in [2.45, 2.75) is 32.6 Å². The Morgan fingerprint density at radius 3 is 2.79 bits per heavy atom. The Kier molecular flexibility index (Phi) is 5.91. The number of fused-ring (bicyclic) bond motifs is 3. The highest BCUT2D eigenvalue weighted by molar-refractivity contribution is 7.18. The number of halogens is 1. The minimum atomic E-state index is -0.357. The normalized spacial score (nSPS) is 13.8. The number of H-pyrrole nitrogens is 1. The summed E-state index contributed by atoms with van der Waals surface area (Å²) in [5.74, 6) is 1.12. The number of carbonyl (C=O) groups is 1. The van der Waals surface area contributed by atoms with Crippen molar-refractivity contribution < 1.29 is 13.9 Å². The van der Waals surface area contributed by atoms with E-state index in [2.05, 4.69) is 9.97 Å². The molecule has 8 heteroatoms. The van der Waals surface area contributed by atoms with E-state index < -0.39 is 0 Å². The number of ether oxygens (including phenoxy) is 1. The Morgan fingerprint density at radius 1 is 1.21 bits per heavy atom. The molecule has 1 aliphatic carbocycles. The monoisotopic (exact) mass is 480 g/mol. The number of carbonyl (C=O) groups excluding carboxylic acids is 1. The molecule has 1 aromatic carbocycles. The first-order valence-corrected chi connectivity index (χ1v) is 12.0. The van der Waals surface area contributed by atoms with Crippen LogP contribution in [0.1, 0.15) is 52.1 Å². The van der Waals surface area contributed by atoms with Crippen LogP contribution in [-0.2, 0) is 17.6 Å². The van der Waals surface area contributed by atoms with Gasteiger partial charge in [-0.25, -0.2) is 9.78 Å². The van der Waals surface area contributed by atoms with Gasteiger partial charge in [0.05, 0.1) is 22.6 Å². The molecule has 0 aliphatic heterocycles. The third-order valence-corrected chi connectivity index (χ3v) is 7.10. The predicted molar refractivity (Wildman–Crippen MR) is 131 cm³/mol. The Morgan fingerprint density at radius 2 is 2.00 bits per heavy atom. The minimum absolute atomic E-state index is 0.150. The van der Waals surface area contributed by atoms with Crippen molar-refractivity contribution in [2.75, 3.05) is 6.61 Å². The molecule has 0 amide bonds. The first kappa shape index (κ1) is 21.7. The molecule has 168 valence electrons. The maximum Gasteiger partial charge on any atom is 0.338 e. The van der Waals surface area contributed by atoms with Crippen LogP contribution in [0.15, 0.2) is 45.6 Å². The minimum Gasteiger partial charge on any atom is -0.462 e. The van der Waals surface area contributed by atoms with Crippen molar-refractivity contribution >= 4 is 50.2 Å². The van der Waals surface area contributed by atoms with Crippen LogP contribution in [0.3, 0.4) is 0 Å². The number of rotatable bonds is 5. The van der Waals surface area contributed by atoms with Crippen LogP contribution in [-0.4, -0.2) is 22.5 Å². The van der Waals surface area contributed by atoms with Gasteiger partial charge in [-0.05, 0) is 62.4 Å². The number of furan rings is 1. The van der Waals surface area contributed by atoms with Crippen LogP contribution in [0.2, 0.25) is 0 Å². The van der Waals surface area contributed by atoms with Gasteiger partial charge >= 0.3 is 5.97 Å². The second-order valence-corrected chi connectivity index (χ2v) is 9.29. The second kappa shape index (κ2) is 9.00. The molecule has 1 N–H and O–H groups in total. The first-order chi connectivity index (χ1) is 16.0. The third-order valence-electron chi connectivity index (χ3n) is 5.63. The molecule has 3 aromatic heterocycles. The van der Waals surface area contributed by atoms with Crippen molar-refractivity contribution in [1.82, 2.24) is 9.97 Å². The first-order valence-electron chi connectivity index (χ1n) is 10.8. The van der Waals surface area contributed by atoms with Gasteiger partial charge in [0.25, 0.3) is 5.56 Å². The number of hydrogen-bond donors (Lipinski definition) is 1. The van der Waals surface area contributed by atoms with E-state index >= 15 is 0 Å². The number of esters is 1. The van der Waals surface area contributed by atoms with Crippen molar-refractivity contribution in [2.24, 2.45) is 0 Å².